The second kappa shape index (κ2) is 7.15. The highest BCUT2D eigenvalue weighted by atomic mass is 16.6. The molecule has 0 unspecified atom stereocenters. The predicted molar refractivity (Wildman–Crippen MR) is 95.2 cm³/mol. The quantitative estimate of drug-likeness (QED) is 0.739. The number of methoxy groups -OCH3 is 4. The molecule has 2 aromatic rings. The Kier molecular flexibility index (Phi) is 4.93. The van der Waals surface area contributed by atoms with E-state index in [0.717, 1.165) is 11.1 Å². The predicted octanol–water partition coefficient (Wildman–Crippen LogP) is 3.30. The van der Waals surface area contributed by atoms with Gasteiger partial charge in [-0.2, -0.15) is 0 Å². The highest BCUT2D eigenvalue weighted by Crippen LogP contribution is 2.46. The molecule has 0 aromatic heterocycles. The van der Waals surface area contributed by atoms with Crippen LogP contribution in [0.1, 0.15) is 24.0 Å². The molecule has 0 N–H and O–H groups in total. The number of ether oxygens (including phenoxy) is 5. The van der Waals surface area contributed by atoms with Crippen LogP contribution < -0.4 is 18.9 Å². The fourth-order valence-electron chi connectivity index (χ4n) is 3.32. The lowest BCUT2D eigenvalue weighted by Gasteiger charge is -2.30. The summed E-state index contributed by atoms with van der Waals surface area (Å²) in [6.07, 6.45) is 0.861. The first kappa shape index (κ1) is 17.9. The molecule has 1 saturated heterocycles. The van der Waals surface area contributed by atoms with Crippen LogP contribution in [0.15, 0.2) is 36.4 Å². The van der Waals surface area contributed by atoms with Crippen LogP contribution in [0.4, 0.5) is 0 Å². The van der Waals surface area contributed by atoms with Crippen LogP contribution in [0, 0.1) is 0 Å². The summed E-state index contributed by atoms with van der Waals surface area (Å²) in [7, 11) is 6.31. The zero-order valence-electron chi connectivity index (χ0n) is 15.3. The van der Waals surface area contributed by atoms with Crippen molar-refractivity contribution in [1.29, 1.82) is 0 Å². The summed E-state index contributed by atoms with van der Waals surface area (Å²) in [4.78, 5) is 12.0. The van der Waals surface area contributed by atoms with Gasteiger partial charge in [-0.1, -0.05) is 12.1 Å². The minimum absolute atomic E-state index is 0.241. The summed E-state index contributed by atoms with van der Waals surface area (Å²) < 4.78 is 27.3. The molecular weight excluding hydrogens is 336 g/mol. The Morgan fingerprint density at radius 3 is 1.58 bits per heavy atom. The molecule has 26 heavy (non-hydrogen) atoms. The monoisotopic (exact) mass is 358 g/mol. The molecule has 0 atom stereocenters. The fraction of sp³-hybridized carbons (Fsp3) is 0.350. The molecule has 1 aliphatic heterocycles. The summed E-state index contributed by atoms with van der Waals surface area (Å²) >= 11 is 0. The molecule has 3 rings (SSSR count). The largest absolute Gasteiger partial charge is 0.493 e. The number of carbonyl (C=O) groups excluding carboxylic acids is 1. The van der Waals surface area contributed by atoms with Gasteiger partial charge < -0.3 is 23.7 Å². The lowest BCUT2D eigenvalue weighted by atomic mass is 9.83. The third-order valence-corrected chi connectivity index (χ3v) is 4.67. The second-order valence-electron chi connectivity index (χ2n) is 5.94. The Bertz CT molecular complexity index is 758. The van der Waals surface area contributed by atoms with Gasteiger partial charge in [0.25, 0.3) is 0 Å². The summed E-state index contributed by atoms with van der Waals surface area (Å²) in [5.74, 6) is 2.14. The van der Waals surface area contributed by atoms with E-state index >= 15 is 0 Å². The zero-order valence-corrected chi connectivity index (χ0v) is 15.3. The summed E-state index contributed by atoms with van der Waals surface area (Å²) in [6.45, 7) is 0. The molecule has 0 saturated carbocycles. The number of hydrogen-bond donors (Lipinski definition) is 0. The van der Waals surface area contributed by atoms with Crippen molar-refractivity contribution in [2.45, 2.75) is 18.4 Å². The molecule has 0 amide bonds. The van der Waals surface area contributed by atoms with Gasteiger partial charge >= 0.3 is 5.97 Å². The third kappa shape index (κ3) is 2.92. The average Bonchev–Trinajstić information content (AvgIpc) is 3.09. The molecule has 138 valence electrons. The fourth-order valence-corrected chi connectivity index (χ4v) is 3.32. The SMILES string of the molecule is COc1ccc(C2(c3ccc(OC)c(OC)c3)CCC(=O)O2)cc1OC. The number of carbonyl (C=O) groups is 1. The summed E-state index contributed by atoms with van der Waals surface area (Å²) in [5, 5.41) is 0. The first-order valence-corrected chi connectivity index (χ1v) is 8.25. The first-order valence-electron chi connectivity index (χ1n) is 8.25. The molecule has 6 heteroatoms. The molecular formula is C20H22O6. The maximum absolute atomic E-state index is 12.0. The van der Waals surface area contributed by atoms with Crippen molar-refractivity contribution in [2.75, 3.05) is 28.4 Å². The number of esters is 1. The lowest BCUT2D eigenvalue weighted by molar-refractivity contribution is -0.146. The van der Waals surface area contributed by atoms with Crippen molar-refractivity contribution in [2.24, 2.45) is 0 Å². The number of benzene rings is 2. The minimum atomic E-state index is -0.907. The van der Waals surface area contributed by atoms with Gasteiger partial charge in [0.05, 0.1) is 34.9 Å². The lowest BCUT2D eigenvalue weighted by Crippen LogP contribution is -2.27. The van der Waals surface area contributed by atoms with Crippen molar-refractivity contribution >= 4 is 5.97 Å². The van der Waals surface area contributed by atoms with Crippen molar-refractivity contribution in [3.05, 3.63) is 47.5 Å². The van der Waals surface area contributed by atoms with Crippen LogP contribution in [0.25, 0.3) is 0 Å². The van der Waals surface area contributed by atoms with Gasteiger partial charge in [-0.3, -0.25) is 4.79 Å². The molecule has 1 aliphatic rings. The van der Waals surface area contributed by atoms with Crippen LogP contribution in [-0.4, -0.2) is 34.4 Å². The molecule has 0 aliphatic carbocycles. The zero-order chi connectivity index (χ0) is 18.7. The number of rotatable bonds is 6. The third-order valence-electron chi connectivity index (χ3n) is 4.67. The van der Waals surface area contributed by atoms with E-state index in [1.54, 1.807) is 28.4 Å². The van der Waals surface area contributed by atoms with E-state index in [4.69, 9.17) is 23.7 Å². The minimum Gasteiger partial charge on any atom is -0.493 e. The van der Waals surface area contributed by atoms with Gasteiger partial charge in [-0.25, -0.2) is 0 Å². The molecule has 0 radical (unpaired) electrons. The maximum Gasteiger partial charge on any atom is 0.307 e. The van der Waals surface area contributed by atoms with Gasteiger partial charge in [-0.15, -0.1) is 0 Å². The Morgan fingerprint density at radius 1 is 0.769 bits per heavy atom. The van der Waals surface area contributed by atoms with E-state index in [2.05, 4.69) is 0 Å². The van der Waals surface area contributed by atoms with E-state index < -0.39 is 5.60 Å². The Hall–Kier alpha value is -2.89. The molecule has 0 bridgehead atoms. The molecule has 1 heterocycles. The first-order chi connectivity index (χ1) is 12.6. The van der Waals surface area contributed by atoms with Gasteiger partial charge in [0.2, 0.25) is 0 Å². The normalized spacial score (nSPS) is 15.3. The van der Waals surface area contributed by atoms with Crippen molar-refractivity contribution in [3.63, 3.8) is 0 Å². The average molecular weight is 358 g/mol. The molecule has 0 spiro atoms. The summed E-state index contributed by atoms with van der Waals surface area (Å²) in [6, 6.07) is 11.1. The summed E-state index contributed by atoms with van der Waals surface area (Å²) in [5.41, 5.74) is 0.720. The van der Waals surface area contributed by atoms with E-state index in [1.165, 1.54) is 0 Å². The molecule has 6 nitrogen and oxygen atoms in total. The van der Waals surface area contributed by atoms with Crippen LogP contribution in [0.2, 0.25) is 0 Å². The number of hydrogen-bond acceptors (Lipinski definition) is 6. The van der Waals surface area contributed by atoms with Gasteiger partial charge in [0, 0.05) is 17.5 Å². The van der Waals surface area contributed by atoms with Crippen LogP contribution >= 0.6 is 0 Å². The van der Waals surface area contributed by atoms with E-state index in [1.807, 2.05) is 36.4 Å². The van der Waals surface area contributed by atoms with Crippen molar-refractivity contribution in [3.8, 4) is 23.0 Å². The molecule has 1 fully saturated rings. The van der Waals surface area contributed by atoms with Gasteiger partial charge in [0.1, 0.15) is 0 Å². The standard InChI is InChI=1S/C20H22O6/c1-22-15-7-5-13(11-17(15)24-3)20(10-9-19(21)26-20)14-6-8-16(23-2)18(12-14)25-4/h5-8,11-12H,9-10H2,1-4H3. The van der Waals surface area contributed by atoms with E-state index in [0.29, 0.717) is 35.8 Å². The van der Waals surface area contributed by atoms with Crippen molar-refractivity contribution < 1.29 is 28.5 Å². The van der Waals surface area contributed by atoms with Crippen LogP contribution in [0.5, 0.6) is 23.0 Å². The van der Waals surface area contributed by atoms with Crippen molar-refractivity contribution in [1.82, 2.24) is 0 Å². The highest BCUT2D eigenvalue weighted by Gasteiger charge is 2.44. The topological polar surface area (TPSA) is 63.2 Å². The molecule has 2 aromatic carbocycles. The Labute approximate surface area is 152 Å². The highest BCUT2D eigenvalue weighted by molar-refractivity contribution is 5.74. The Morgan fingerprint density at radius 2 is 1.23 bits per heavy atom. The van der Waals surface area contributed by atoms with Gasteiger partial charge in [0.15, 0.2) is 28.6 Å². The van der Waals surface area contributed by atoms with Crippen LogP contribution in [-0.2, 0) is 15.1 Å². The van der Waals surface area contributed by atoms with Crippen LogP contribution in [0.3, 0.4) is 0 Å². The second-order valence-corrected chi connectivity index (χ2v) is 5.94. The smallest absolute Gasteiger partial charge is 0.307 e. The van der Waals surface area contributed by atoms with Gasteiger partial charge in [-0.05, 0) is 24.3 Å². The maximum atomic E-state index is 12.0. The number of cyclic esters (lactones) is 1. The van der Waals surface area contributed by atoms with E-state index in [9.17, 15) is 4.79 Å². The Balaban J connectivity index is 2.16. The van der Waals surface area contributed by atoms with E-state index in [-0.39, 0.29) is 5.97 Å².